The Morgan fingerprint density at radius 3 is 2.48 bits per heavy atom. The summed E-state index contributed by atoms with van der Waals surface area (Å²) in [6.07, 6.45) is 0. The Morgan fingerprint density at radius 2 is 1.81 bits per heavy atom. The fourth-order valence-electron chi connectivity index (χ4n) is 2.15. The van der Waals surface area contributed by atoms with Gasteiger partial charge in [0.2, 0.25) is 0 Å². The molecule has 21 heavy (non-hydrogen) atoms. The average molecular weight is 368 g/mol. The number of hydrogen-bond donors (Lipinski definition) is 1. The number of fused-ring (bicyclic) bond motifs is 1. The summed E-state index contributed by atoms with van der Waals surface area (Å²) in [5.74, 6) is 2.07. The number of ether oxygens (including phenoxy) is 2. The number of rotatable bonds is 3. The van der Waals surface area contributed by atoms with E-state index in [1.807, 2.05) is 30.3 Å². The van der Waals surface area contributed by atoms with Gasteiger partial charge >= 0.3 is 0 Å². The standard InChI is InChI=1S/C15H12BrClN2O2/c1-20-13-6-11-12(7-14(13)21-2)19-15(18-11)9-4-3-8(17)5-10(9)16/h3-7H,1-2H3,(H,18,19). The van der Waals surface area contributed by atoms with Gasteiger partial charge in [0.15, 0.2) is 11.5 Å². The van der Waals surface area contributed by atoms with Crippen molar-refractivity contribution in [2.75, 3.05) is 14.2 Å². The van der Waals surface area contributed by atoms with Crippen LogP contribution < -0.4 is 9.47 Å². The predicted octanol–water partition coefficient (Wildman–Crippen LogP) is 4.66. The van der Waals surface area contributed by atoms with Crippen molar-refractivity contribution in [1.82, 2.24) is 9.97 Å². The number of aromatic amines is 1. The van der Waals surface area contributed by atoms with Crippen molar-refractivity contribution in [1.29, 1.82) is 0 Å². The van der Waals surface area contributed by atoms with Gasteiger partial charge in [0.1, 0.15) is 5.82 Å². The van der Waals surface area contributed by atoms with E-state index in [4.69, 9.17) is 21.1 Å². The normalized spacial score (nSPS) is 10.9. The van der Waals surface area contributed by atoms with Crippen LogP contribution in [0.3, 0.4) is 0 Å². The van der Waals surface area contributed by atoms with Crippen LogP contribution in [0.2, 0.25) is 5.02 Å². The Balaban J connectivity index is 2.16. The van der Waals surface area contributed by atoms with Crippen LogP contribution in [-0.2, 0) is 0 Å². The Bertz CT molecular complexity index is 776. The van der Waals surface area contributed by atoms with Gasteiger partial charge in [-0.2, -0.15) is 0 Å². The quantitative estimate of drug-likeness (QED) is 0.732. The van der Waals surface area contributed by atoms with Crippen LogP contribution >= 0.6 is 27.5 Å². The molecule has 0 spiro atoms. The zero-order valence-electron chi connectivity index (χ0n) is 11.4. The second-order valence-corrected chi connectivity index (χ2v) is 5.72. The number of nitrogens with one attached hydrogen (secondary N) is 1. The van der Waals surface area contributed by atoms with Gasteiger partial charge in [-0.3, -0.25) is 0 Å². The van der Waals surface area contributed by atoms with Gasteiger partial charge in [0.25, 0.3) is 0 Å². The second-order valence-electron chi connectivity index (χ2n) is 4.43. The van der Waals surface area contributed by atoms with E-state index in [0.717, 1.165) is 26.9 Å². The maximum Gasteiger partial charge on any atom is 0.163 e. The van der Waals surface area contributed by atoms with Crippen molar-refractivity contribution in [3.8, 4) is 22.9 Å². The molecular weight excluding hydrogens is 356 g/mol. The van der Waals surface area contributed by atoms with Gasteiger partial charge in [0, 0.05) is 27.2 Å². The van der Waals surface area contributed by atoms with E-state index in [9.17, 15) is 0 Å². The molecule has 1 aromatic heterocycles. The number of benzene rings is 2. The Labute approximate surface area is 135 Å². The van der Waals surface area contributed by atoms with Crippen LogP contribution in [0.15, 0.2) is 34.8 Å². The van der Waals surface area contributed by atoms with Gasteiger partial charge in [-0.05, 0) is 34.1 Å². The summed E-state index contributed by atoms with van der Waals surface area (Å²) < 4.78 is 11.5. The number of H-pyrrole nitrogens is 1. The fraction of sp³-hybridized carbons (Fsp3) is 0.133. The molecule has 0 fully saturated rings. The number of nitrogens with zero attached hydrogens (tertiary/aromatic N) is 1. The molecule has 0 aliphatic carbocycles. The first-order valence-corrected chi connectivity index (χ1v) is 7.36. The molecule has 0 atom stereocenters. The third kappa shape index (κ3) is 2.59. The van der Waals surface area contributed by atoms with Crippen LogP contribution in [0.25, 0.3) is 22.4 Å². The highest BCUT2D eigenvalue weighted by molar-refractivity contribution is 9.10. The fourth-order valence-corrected chi connectivity index (χ4v) is 3.02. The van der Waals surface area contributed by atoms with E-state index >= 15 is 0 Å². The summed E-state index contributed by atoms with van der Waals surface area (Å²) in [4.78, 5) is 7.87. The van der Waals surface area contributed by atoms with Crippen LogP contribution in [0.1, 0.15) is 0 Å². The van der Waals surface area contributed by atoms with E-state index in [-0.39, 0.29) is 0 Å². The molecular formula is C15H12BrClN2O2. The minimum Gasteiger partial charge on any atom is -0.493 e. The second kappa shape index (κ2) is 5.58. The maximum atomic E-state index is 5.97. The summed E-state index contributed by atoms with van der Waals surface area (Å²) in [5, 5.41) is 0.671. The number of aromatic nitrogens is 2. The van der Waals surface area contributed by atoms with Gasteiger partial charge < -0.3 is 14.5 Å². The predicted molar refractivity (Wildman–Crippen MR) is 87.3 cm³/mol. The molecule has 0 aliphatic heterocycles. The van der Waals surface area contributed by atoms with Crippen molar-refractivity contribution < 1.29 is 9.47 Å². The van der Waals surface area contributed by atoms with E-state index in [1.165, 1.54) is 0 Å². The molecule has 3 aromatic rings. The summed E-state index contributed by atoms with van der Waals surface area (Å²) >= 11 is 9.47. The minimum absolute atomic E-state index is 0.651. The third-order valence-corrected chi connectivity index (χ3v) is 4.06. The van der Waals surface area contributed by atoms with Crippen LogP contribution in [0.4, 0.5) is 0 Å². The van der Waals surface area contributed by atoms with Gasteiger partial charge in [-0.1, -0.05) is 11.6 Å². The molecule has 0 radical (unpaired) electrons. The van der Waals surface area contributed by atoms with Crippen molar-refractivity contribution in [2.24, 2.45) is 0 Å². The van der Waals surface area contributed by atoms with Gasteiger partial charge in [-0.15, -0.1) is 0 Å². The lowest BCUT2D eigenvalue weighted by atomic mass is 10.2. The van der Waals surface area contributed by atoms with Crippen LogP contribution in [0.5, 0.6) is 11.5 Å². The van der Waals surface area contributed by atoms with E-state index in [2.05, 4.69) is 25.9 Å². The smallest absolute Gasteiger partial charge is 0.163 e. The lowest BCUT2D eigenvalue weighted by Gasteiger charge is -2.06. The van der Waals surface area contributed by atoms with Crippen LogP contribution in [0, 0.1) is 0 Å². The number of methoxy groups -OCH3 is 2. The molecule has 2 aromatic carbocycles. The Morgan fingerprint density at radius 1 is 1.10 bits per heavy atom. The maximum absolute atomic E-state index is 5.97. The SMILES string of the molecule is COc1cc2nc(-c3ccc(Cl)cc3Br)[nH]c2cc1OC. The zero-order valence-corrected chi connectivity index (χ0v) is 13.7. The summed E-state index contributed by atoms with van der Waals surface area (Å²) in [5.41, 5.74) is 2.63. The third-order valence-electron chi connectivity index (χ3n) is 3.17. The Hall–Kier alpha value is -1.72. The molecule has 1 heterocycles. The molecule has 1 N–H and O–H groups in total. The lowest BCUT2D eigenvalue weighted by Crippen LogP contribution is -1.89. The molecule has 0 saturated carbocycles. The number of imidazole rings is 1. The lowest BCUT2D eigenvalue weighted by molar-refractivity contribution is 0.356. The Kier molecular flexibility index (Phi) is 3.78. The van der Waals surface area contributed by atoms with Crippen molar-refractivity contribution in [3.63, 3.8) is 0 Å². The molecule has 0 amide bonds. The topological polar surface area (TPSA) is 47.1 Å². The molecule has 3 rings (SSSR count). The molecule has 0 saturated heterocycles. The summed E-state index contributed by atoms with van der Waals surface area (Å²) in [6, 6.07) is 9.30. The number of halogens is 2. The van der Waals surface area contributed by atoms with Crippen LogP contribution in [-0.4, -0.2) is 24.2 Å². The molecule has 108 valence electrons. The number of hydrogen-bond acceptors (Lipinski definition) is 3. The van der Waals surface area contributed by atoms with Crippen molar-refractivity contribution >= 4 is 38.6 Å². The van der Waals surface area contributed by atoms with Crippen molar-refractivity contribution in [2.45, 2.75) is 0 Å². The molecule has 0 aliphatic rings. The highest BCUT2D eigenvalue weighted by atomic mass is 79.9. The average Bonchev–Trinajstić information content (AvgIpc) is 2.87. The molecule has 0 unspecified atom stereocenters. The van der Waals surface area contributed by atoms with E-state index in [0.29, 0.717) is 16.5 Å². The first-order valence-electron chi connectivity index (χ1n) is 6.19. The monoisotopic (exact) mass is 366 g/mol. The van der Waals surface area contributed by atoms with E-state index < -0.39 is 0 Å². The molecule has 4 nitrogen and oxygen atoms in total. The van der Waals surface area contributed by atoms with E-state index in [1.54, 1.807) is 14.2 Å². The first kappa shape index (κ1) is 14.2. The van der Waals surface area contributed by atoms with Crippen molar-refractivity contribution in [3.05, 3.63) is 39.8 Å². The summed E-state index contributed by atoms with van der Waals surface area (Å²) in [7, 11) is 3.21. The highest BCUT2D eigenvalue weighted by Crippen LogP contribution is 2.34. The van der Waals surface area contributed by atoms with Gasteiger partial charge in [-0.25, -0.2) is 4.98 Å². The first-order chi connectivity index (χ1) is 10.1. The zero-order chi connectivity index (χ0) is 15.0. The molecule has 0 bridgehead atoms. The highest BCUT2D eigenvalue weighted by Gasteiger charge is 2.12. The molecule has 6 heteroatoms. The summed E-state index contributed by atoms with van der Waals surface area (Å²) in [6.45, 7) is 0. The largest absolute Gasteiger partial charge is 0.493 e. The van der Waals surface area contributed by atoms with Gasteiger partial charge in [0.05, 0.1) is 25.3 Å². The minimum atomic E-state index is 0.651.